The summed E-state index contributed by atoms with van der Waals surface area (Å²) in [6, 6.07) is 8.16. The number of benzene rings is 1. The van der Waals surface area contributed by atoms with Gasteiger partial charge in [0.05, 0.1) is 5.92 Å². The SMILES string of the molecule is Cc1ccc(C(C(N)=O)C2CCNCC2)cc1. The van der Waals surface area contributed by atoms with E-state index in [1.807, 2.05) is 31.2 Å². The molecule has 0 radical (unpaired) electrons. The van der Waals surface area contributed by atoms with Crippen molar-refractivity contribution in [1.29, 1.82) is 0 Å². The number of aryl methyl sites for hydroxylation is 1. The van der Waals surface area contributed by atoms with Gasteiger partial charge in [0.15, 0.2) is 0 Å². The highest BCUT2D eigenvalue weighted by Gasteiger charge is 2.29. The van der Waals surface area contributed by atoms with Gasteiger partial charge in [-0.15, -0.1) is 0 Å². The Morgan fingerprint density at radius 3 is 2.41 bits per heavy atom. The average molecular weight is 232 g/mol. The summed E-state index contributed by atoms with van der Waals surface area (Å²) in [7, 11) is 0. The number of carbonyl (C=O) groups excluding carboxylic acids is 1. The van der Waals surface area contributed by atoms with Gasteiger partial charge in [-0.25, -0.2) is 0 Å². The second-order valence-corrected chi connectivity index (χ2v) is 4.88. The first-order valence-corrected chi connectivity index (χ1v) is 6.25. The van der Waals surface area contributed by atoms with Crippen molar-refractivity contribution in [2.24, 2.45) is 11.7 Å². The zero-order valence-electron chi connectivity index (χ0n) is 10.3. The van der Waals surface area contributed by atoms with Crippen molar-refractivity contribution in [2.45, 2.75) is 25.7 Å². The molecule has 3 nitrogen and oxygen atoms in total. The minimum atomic E-state index is -0.194. The van der Waals surface area contributed by atoms with E-state index in [-0.39, 0.29) is 11.8 Å². The first-order valence-electron chi connectivity index (χ1n) is 6.25. The largest absolute Gasteiger partial charge is 0.369 e. The topological polar surface area (TPSA) is 55.1 Å². The van der Waals surface area contributed by atoms with Gasteiger partial charge in [0.25, 0.3) is 0 Å². The van der Waals surface area contributed by atoms with Crippen LogP contribution in [0.4, 0.5) is 0 Å². The van der Waals surface area contributed by atoms with E-state index in [9.17, 15) is 4.79 Å². The summed E-state index contributed by atoms with van der Waals surface area (Å²) in [5.41, 5.74) is 7.85. The van der Waals surface area contributed by atoms with E-state index in [0.717, 1.165) is 31.5 Å². The lowest BCUT2D eigenvalue weighted by atomic mass is 9.80. The van der Waals surface area contributed by atoms with Gasteiger partial charge in [0, 0.05) is 0 Å². The molecule has 1 unspecified atom stereocenters. The van der Waals surface area contributed by atoms with E-state index in [1.54, 1.807) is 0 Å². The lowest BCUT2D eigenvalue weighted by Gasteiger charge is -2.29. The minimum absolute atomic E-state index is 0.127. The molecule has 1 atom stereocenters. The number of nitrogens with one attached hydrogen (secondary N) is 1. The molecular formula is C14H20N2O. The number of hydrogen-bond acceptors (Lipinski definition) is 2. The third-order valence-electron chi connectivity index (χ3n) is 3.60. The van der Waals surface area contributed by atoms with E-state index in [0.29, 0.717) is 5.92 Å². The molecular weight excluding hydrogens is 212 g/mol. The molecule has 17 heavy (non-hydrogen) atoms. The predicted octanol–water partition coefficient (Wildman–Crippen LogP) is 1.56. The maximum absolute atomic E-state index is 11.7. The van der Waals surface area contributed by atoms with E-state index in [2.05, 4.69) is 5.32 Å². The van der Waals surface area contributed by atoms with E-state index in [1.165, 1.54) is 5.56 Å². The van der Waals surface area contributed by atoms with Crippen LogP contribution in [0.5, 0.6) is 0 Å². The third-order valence-corrected chi connectivity index (χ3v) is 3.60. The molecule has 3 heteroatoms. The smallest absolute Gasteiger partial charge is 0.225 e. The molecule has 0 spiro atoms. The fourth-order valence-electron chi connectivity index (χ4n) is 2.62. The molecule has 0 aromatic heterocycles. The van der Waals surface area contributed by atoms with Crippen LogP contribution in [0, 0.1) is 12.8 Å². The maximum Gasteiger partial charge on any atom is 0.225 e. The lowest BCUT2D eigenvalue weighted by Crippen LogP contribution is -2.36. The van der Waals surface area contributed by atoms with Crippen LogP contribution in [0.3, 0.4) is 0 Å². The van der Waals surface area contributed by atoms with Gasteiger partial charge in [0.1, 0.15) is 0 Å². The van der Waals surface area contributed by atoms with E-state index < -0.39 is 0 Å². The number of piperidine rings is 1. The Bertz CT molecular complexity index is 380. The van der Waals surface area contributed by atoms with E-state index in [4.69, 9.17) is 5.73 Å². The molecule has 3 N–H and O–H groups in total. The Morgan fingerprint density at radius 2 is 1.88 bits per heavy atom. The molecule has 1 fully saturated rings. The van der Waals surface area contributed by atoms with Crippen LogP contribution in [0.25, 0.3) is 0 Å². The Kier molecular flexibility index (Phi) is 3.79. The van der Waals surface area contributed by atoms with Gasteiger partial charge in [-0.2, -0.15) is 0 Å². The fraction of sp³-hybridized carbons (Fsp3) is 0.500. The van der Waals surface area contributed by atoms with Gasteiger partial charge < -0.3 is 11.1 Å². The molecule has 1 aromatic carbocycles. The molecule has 1 aliphatic heterocycles. The van der Waals surface area contributed by atoms with Gasteiger partial charge in [0.2, 0.25) is 5.91 Å². The third kappa shape index (κ3) is 2.86. The molecule has 1 heterocycles. The number of nitrogens with two attached hydrogens (primary N) is 1. The Morgan fingerprint density at radius 1 is 1.29 bits per heavy atom. The molecule has 1 amide bonds. The normalized spacial score (nSPS) is 18.9. The highest BCUT2D eigenvalue weighted by molar-refractivity contribution is 5.82. The molecule has 2 rings (SSSR count). The van der Waals surface area contributed by atoms with Crippen molar-refractivity contribution in [3.63, 3.8) is 0 Å². The minimum Gasteiger partial charge on any atom is -0.369 e. The Balaban J connectivity index is 2.21. The van der Waals surface area contributed by atoms with Crippen LogP contribution >= 0.6 is 0 Å². The molecule has 92 valence electrons. The van der Waals surface area contributed by atoms with Crippen LogP contribution in [0.1, 0.15) is 29.9 Å². The predicted molar refractivity (Wildman–Crippen MR) is 68.7 cm³/mol. The molecule has 0 bridgehead atoms. The van der Waals surface area contributed by atoms with Gasteiger partial charge >= 0.3 is 0 Å². The van der Waals surface area contributed by atoms with Crippen molar-refractivity contribution in [3.05, 3.63) is 35.4 Å². The van der Waals surface area contributed by atoms with Crippen LogP contribution in [0.15, 0.2) is 24.3 Å². The number of hydrogen-bond donors (Lipinski definition) is 2. The van der Waals surface area contributed by atoms with Gasteiger partial charge in [-0.1, -0.05) is 29.8 Å². The molecule has 0 aliphatic carbocycles. The number of primary amides is 1. The molecule has 0 saturated carbocycles. The van der Waals surface area contributed by atoms with Gasteiger partial charge in [-0.3, -0.25) is 4.79 Å². The summed E-state index contributed by atoms with van der Waals surface area (Å²) in [5, 5.41) is 3.32. The highest BCUT2D eigenvalue weighted by Crippen LogP contribution is 2.30. The quantitative estimate of drug-likeness (QED) is 0.831. The summed E-state index contributed by atoms with van der Waals surface area (Å²) in [5.74, 6) is 0.0647. The van der Waals surface area contributed by atoms with Crippen LogP contribution in [-0.2, 0) is 4.79 Å². The van der Waals surface area contributed by atoms with Crippen molar-refractivity contribution in [3.8, 4) is 0 Å². The summed E-state index contributed by atoms with van der Waals surface area (Å²) in [4.78, 5) is 11.7. The summed E-state index contributed by atoms with van der Waals surface area (Å²) in [6.45, 7) is 4.02. The monoisotopic (exact) mass is 232 g/mol. The van der Waals surface area contributed by atoms with Crippen LogP contribution in [-0.4, -0.2) is 19.0 Å². The van der Waals surface area contributed by atoms with Crippen molar-refractivity contribution in [1.82, 2.24) is 5.32 Å². The van der Waals surface area contributed by atoms with Crippen molar-refractivity contribution in [2.75, 3.05) is 13.1 Å². The Hall–Kier alpha value is -1.35. The number of amides is 1. The second kappa shape index (κ2) is 5.32. The zero-order valence-corrected chi connectivity index (χ0v) is 10.3. The number of carbonyl (C=O) groups is 1. The van der Waals surface area contributed by atoms with Gasteiger partial charge in [-0.05, 0) is 44.3 Å². The van der Waals surface area contributed by atoms with Crippen LogP contribution < -0.4 is 11.1 Å². The second-order valence-electron chi connectivity index (χ2n) is 4.88. The summed E-state index contributed by atoms with van der Waals surface area (Å²) >= 11 is 0. The molecule has 1 saturated heterocycles. The summed E-state index contributed by atoms with van der Waals surface area (Å²) in [6.07, 6.45) is 2.06. The standard InChI is InChI=1S/C14H20N2O/c1-10-2-4-11(5-3-10)13(14(15)17)12-6-8-16-9-7-12/h2-5,12-13,16H,6-9H2,1H3,(H2,15,17). The number of rotatable bonds is 3. The lowest BCUT2D eigenvalue weighted by molar-refractivity contribution is -0.120. The highest BCUT2D eigenvalue weighted by atomic mass is 16.1. The summed E-state index contributed by atoms with van der Waals surface area (Å²) < 4.78 is 0. The average Bonchev–Trinajstić information content (AvgIpc) is 2.33. The van der Waals surface area contributed by atoms with E-state index >= 15 is 0 Å². The first kappa shape index (κ1) is 12.1. The Labute approximate surface area is 102 Å². The van der Waals surface area contributed by atoms with Crippen LogP contribution in [0.2, 0.25) is 0 Å². The van der Waals surface area contributed by atoms with Crippen molar-refractivity contribution < 1.29 is 4.79 Å². The molecule has 1 aromatic rings. The first-order chi connectivity index (χ1) is 8.18. The molecule has 1 aliphatic rings. The maximum atomic E-state index is 11.7. The zero-order chi connectivity index (χ0) is 12.3. The fourth-order valence-corrected chi connectivity index (χ4v) is 2.62. The van der Waals surface area contributed by atoms with Crippen molar-refractivity contribution >= 4 is 5.91 Å².